The van der Waals surface area contributed by atoms with Crippen LogP contribution in [0, 0.1) is 0 Å². The van der Waals surface area contributed by atoms with E-state index in [1.807, 2.05) is 42.5 Å². The first kappa shape index (κ1) is 21.2. The summed E-state index contributed by atoms with van der Waals surface area (Å²) in [6.45, 7) is 2.73. The molecule has 1 aliphatic rings. The largest absolute Gasteiger partial charge is 0.339 e. The molecule has 0 radical (unpaired) electrons. The maximum atomic E-state index is 12.5. The van der Waals surface area contributed by atoms with Crippen LogP contribution >= 0.6 is 12.4 Å². The number of nitrogens with zero attached hydrogens (tertiary/aromatic N) is 3. The summed E-state index contributed by atoms with van der Waals surface area (Å²) in [4.78, 5) is 19.2. The van der Waals surface area contributed by atoms with Crippen LogP contribution in [0.15, 0.2) is 59.1 Å². The van der Waals surface area contributed by atoms with E-state index in [1.54, 1.807) is 0 Å². The smallest absolute Gasteiger partial charge is 0.227 e. The molecule has 1 atom stereocenters. The highest BCUT2D eigenvalue weighted by atomic mass is 35.5. The Hall–Kier alpha value is -2.54. The third-order valence-corrected chi connectivity index (χ3v) is 5.17. The van der Waals surface area contributed by atoms with Gasteiger partial charge in [0.15, 0.2) is 11.6 Å². The lowest BCUT2D eigenvalue weighted by Crippen LogP contribution is -2.44. The molecule has 0 amide bonds. The Morgan fingerprint density at radius 3 is 2.59 bits per heavy atom. The van der Waals surface area contributed by atoms with E-state index in [0.717, 1.165) is 30.8 Å². The second-order valence-corrected chi connectivity index (χ2v) is 7.11. The number of piperazine rings is 1. The number of ketones is 1. The highest BCUT2D eigenvalue weighted by molar-refractivity contribution is 5.96. The van der Waals surface area contributed by atoms with Gasteiger partial charge in [-0.3, -0.25) is 9.69 Å². The van der Waals surface area contributed by atoms with Crippen molar-refractivity contribution in [1.29, 1.82) is 0 Å². The predicted octanol–water partition coefficient (Wildman–Crippen LogP) is 3.55. The lowest BCUT2D eigenvalue weighted by atomic mass is 10.0. The minimum atomic E-state index is 0. The Bertz CT molecular complexity index is 928. The average Bonchev–Trinajstić information content (AvgIpc) is 3.22. The molecule has 6 nitrogen and oxygen atoms in total. The molecule has 0 aliphatic carbocycles. The monoisotopic (exact) mass is 412 g/mol. The first-order chi connectivity index (χ1) is 13.7. The van der Waals surface area contributed by atoms with Gasteiger partial charge < -0.3 is 9.84 Å². The molecule has 152 valence electrons. The van der Waals surface area contributed by atoms with Crippen molar-refractivity contribution in [2.24, 2.45) is 0 Å². The summed E-state index contributed by atoms with van der Waals surface area (Å²) in [5.74, 6) is 1.28. The zero-order valence-corrected chi connectivity index (χ0v) is 17.2. The summed E-state index contributed by atoms with van der Waals surface area (Å²) >= 11 is 0. The summed E-state index contributed by atoms with van der Waals surface area (Å²) in [6, 6.07) is 18.0. The summed E-state index contributed by atoms with van der Waals surface area (Å²) in [6.07, 6.45) is 0.807. The summed E-state index contributed by atoms with van der Waals surface area (Å²) < 4.78 is 5.36. The molecule has 1 saturated heterocycles. The highest BCUT2D eigenvalue weighted by Crippen LogP contribution is 2.21. The molecule has 1 N–H and O–H groups in total. The fraction of sp³-hybridized carbons (Fsp3) is 0.318. The summed E-state index contributed by atoms with van der Waals surface area (Å²) in [5, 5.41) is 7.45. The number of nitrogens with one attached hydrogen (secondary N) is 1. The van der Waals surface area contributed by atoms with Crippen LogP contribution in [-0.2, 0) is 6.42 Å². The van der Waals surface area contributed by atoms with Gasteiger partial charge in [0.2, 0.25) is 5.89 Å². The van der Waals surface area contributed by atoms with Crippen molar-refractivity contribution in [2.75, 3.05) is 26.7 Å². The van der Waals surface area contributed by atoms with Crippen LogP contribution in [0.5, 0.6) is 0 Å². The molecule has 1 fully saturated rings. The molecule has 3 aromatic rings. The number of hydrogen-bond acceptors (Lipinski definition) is 6. The second-order valence-electron chi connectivity index (χ2n) is 7.11. The van der Waals surface area contributed by atoms with Crippen LogP contribution in [0.4, 0.5) is 0 Å². The summed E-state index contributed by atoms with van der Waals surface area (Å²) in [5.41, 5.74) is 2.95. The lowest BCUT2D eigenvalue weighted by molar-refractivity contribution is 0.0979. The van der Waals surface area contributed by atoms with E-state index in [9.17, 15) is 4.79 Å². The van der Waals surface area contributed by atoms with E-state index in [4.69, 9.17) is 4.52 Å². The maximum absolute atomic E-state index is 12.5. The van der Waals surface area contributed by atoms with Crippen LogP contribution < -0.4 is 5.32 Å². The normalized spacial score (nSPS) is 16.9. The highest BCUT2D eigenvalue weighted by Gasteiger charge is 2.25. The number of benzene rings is 2. The molecular formula is C22H25ClN4O2. The number of rotatable bonds is 6. The minimum Gasteiger partial charge on any atom is -0.339 e. The third kappa shape index (κ3) is 5.09. The van der Waals surface area contributed by atoms with Gasteiger partial charge in [-0.25, -0.2) is 0 Å². The number of carbonyl (C=O) groups excluding carboxylic acids is 1. The van der Waals surface area contributed by atoms with Crippen LogP contribution in [0.1, 0.15) is 34.5 Å². The van der Waals surface area contributed by atoms with E-state index >= 15 is 0 Å². The number of aryl methyl sites for hydroxylation is 1. The van der Waals surface area contributed by atoms with Gasteiger partial charge in [-0.2, -0.15) is 4.98 Å². The Morgan fingerprint density at radius 2 is 1.86 bits per heavy atom. The van der Waals surface area contributed by atoms with E-state index < -0.39 is 0 Å². The molecule has 2 aromatic carbocycles. The molecule has 1 aromatic heterocycles. The van der Waals surface area contributed by atoms with Crippen LogP contribution in [0.2, 0.25) is 0 Å². The lowest BCUT2D eigenvalue weighted by Gasteiger charge is -2.30. The van der Waals surface area contributed by atoms with Gasteiger partial charge in [0, 0.05) is 38.0 Å². The molecule has 1 unspecified atom stereocenters. The number of Topliss-reactive ketones (excluding diaryl/α,β-unsaturated/α-hetero) is 1. The molecule has 0 spiro atoms. The van der Waals surface area contributed by atoms with Crippen molar-refractivity contribution in [2.45, 2.75) is 18.9 Å². The predicted molar refractivity (Wildman–Crippen MR) is 114 cm³/mol. The number of likely N-dealkylation sites (N-methyl/N-ethyl adjacent to an activating group) is 1. The fourth-order valence-electron chi connectivity index (χ4n) is 3.44. The zero-order chi connectivity index (χ0) is 19.3. The van der Waals surface area contributed by atoms with Gasteiger partial charge in [-0.05, 0) is 18.2 Å². The molecule has 4 rings (SSSR count). The van der Waals surface area contributed by atoms with Gasteiger partial charge in [0.25, 0.3) is 0 Å². The van der Waals surface area contributed by atoms with Crippen molar-refractivity contribution in [3.63, 3.8) is 0 Å². The maximum Gasteiger partial charge on any atom is 0.227 e. The first-order valence-electron chi connectivity index (χ1n) is 9.63. The molecule has 1 aliphatic heterocycles. The molecule has 0 bridgehead atoms. The minimum absolute atomic E-state index is 0. The van der Waals surface area contributed by atoms with E-state index in [0.29, 0.717) is 30.1 Å². The van der Waals surface area contributed by atoms with Crippen LogP contribution in [0.25, 0.3) is 11.1 Å². The van der Waals surface area contributed by atoms with E-state index in [1.165, 1.54) is 0 Å². The summed E-state index contributed by atoms with van der Waals surface area (Å²) in [7, 11) is 2.06. The van der Waals surface area contributed by atoms with Gasteiger partial charge in [-0.15, -0.1) is 12.4 Å². The van der Waals surface area contributed by atoms with Gasteiger partial charge in [0.05, 0.1) is 6.04 Å². The quantitative estimate of drug-likeness (QED) is 0.624. The topological polar surface area (TPSA) is 71.3 Å². The molecule has 7 heteroatoms. The van der Waals surface area contributed by atoms with Gasteiger partial charge in [0.1, 0.15) is 0 Å². The third-order valence-electron chi connectivity index (χ3n) is 5.17. The van der Waals surface area contributed by atoms with Crippen molar-refractivity contribution < 1.29 is 9.32 Å². The van der Waals surface area contributed by atoms with E-state index in [-0.39, 0.29) is 24.2 Å². The van der Waals surface area contributed by atoms with Crippen molar-refractivity contribution >= 4 is 18.2 Å². The van der Waals surface area contributed by atoms with Crippen LogP contribution in [0.3, 0.4) is 0 Å². The standard InChI is InChI=1S/C22H24N4O2.ClH/c1-26-14-13-23-15-19(26)22-24-21(28-25-22)12-11-20(27)18-9-7-17(8-10-18)16-5-3-2-4-6-16;/h2-10,19,23H,11-15H2,1H3;1H. The second kappa shape index (κ2) is 9.78. The first-order valence-corrected chi connectivity index (χ1v) is 9.63. The Morgan fingerprint density at radius 1 is 1.14 bits per heavy atom. The fourth-order valence-corrected chi connectivity index (χ4v) is 3.44. The number of aromatic nitrogens is 2. The Labute approximate surface area is 176 Å². The van der Waals surface area contributed by atoms with Crippen molar-refractivity contribution in [3.8, 4) is 11.1 Å². The van der Waals surface area contributed by atoms with Gasteiger partial charge >= 0.3 is 0 Å². The van der Waals surface area contributed by atoms with Crippen molar-refractivity contribution in [3.05, 3.63) is 71.9 Å². The number of halogens is 1. The Kier molecular flexibility index (Phi) is 7.14. The SMILES string of the molecule is CN1CCNCC1c1noc(CCC(=O)c2ccc(-c3ccccc3)cc2)n1.Cl. The zero-order valence-electron chi connectivity index (χ0n) is 16.4. The van der Waals surface area contributed by atoms with Crippen LogP contribution in [-0.4, -0.2) is 47.5 Å². The number of hydrogen-bond donors (Lipinski definition) is 1. The van der Waals surface area contributed by atoms with E-state index in [2.05, 4.69) is 39.5 Å². The van der Waals surface area contributed by atoms with Crippen molar-refractivity contribution in [1.82, 2.24) is 20.4 Å². The molecule has 29 heavy (non-hydrogen) atoms. The molecular weight excluding hydrogens is 388 g/mol. The molecule has 0 saturated carbocycles. The number of carbonyl (C=O) groups is 1. The molecule has 2 heterocycles. The average molecular weight is 413 g/mol. The Balaban J connectivity index is 0.00000240. The van der Waals surface area contributed by atoms with Gasteiger partial charge in [-0.1, -0.05) is 59.8 Å².